The van der Waals surface area contributed by atoms with E-state index in [1.54, 1.807) is 41.6 Å². The molecule has 3 aromatic rings. The van der Waals surface area contributed by atoms with Crippen molar-refractivity contribution >= 4 is 23.3 Å². The molecule has 6 nitrogen and oxygen atoms in total. The van der Waals surface area contributed by atoms with Crippen LogP contribution in [-0.2, 0) is 11.3 Å². The highest BCUT2D eigenvalue weighted by atomic mass is 16.5. The maximum atomic E-state index is 13.0. The summed E-state index contributed by atoms with van der Waals surface area (Å²) in [5, 5.41) is 3.18. The first-order valence-electron chi connectivity index (χ1n) is 9.34. The van der Waals surface area contributed by atoms with Crippen molar-refractivity contribution in [3.8, 4) is 0 Å². The molecule has 0 fully saturated rings. The lowest BCUT2D eigenvalue weighted by atomic mass is 10.1. The molecule has 1 aromatic heterocycles. The molecule has 0 spiro atoms. The van der Waals surface area contributed by atoms with Crippen LogP contribution >= 0.6 is 0 Å². The van der Waals surface area contributed by atoms with E-state index in [0.717, 1.165) is 5.56 Å². The highest BCUT2D eigenvalue weighted by Crippen LogP contribution is 2.19. The summed E-state index contributed by atoms with van der Waals surface area (Å²) in [7, 11) is 1.34. The van der Waals surface area contributed by atoms with Crippen LogP contribution in [0.4, 0.5) is 11.4 Å². The van der Waals surface area contributed by atoms with E-state index in [2.05, 4.69) is 10.3 Å². The van der Waals surface area contributed by atoms with Crippen LogP contribution in [-0.4, -0.2) is 35.4 Å². The molecule has 29 heavy (non-hydrogen) atoms. The number of ether oxygens (including phenoxy) is 1. The minimum atomic E-state index is -0.407. The fraction of sp³-hybridized carbons (Fsp3) is 0.174. The van der Waals surface area contributed by atoms with E-state index < -0.39 is 5.97 Å². The Kier molecular flexibility index (Phi) is 6.58. The topological polar surface area (TPSA) is 71.5 Å². The SMILES string of the molecule is CCN(Cc1ccccc1)C(=O)c1cncc(Nc2cccc(C(=O)OC)c2)c1. The molecule has 1 heterocycles. The number of hydrogen-bond acceptors (Lipinski definition) is 5. The predicted octanol–water partition coefficient (Wildman–Crippen LogP) is 4.27. The van der Waals surface area contributed by atoms with Crippen molar-refractivity contribution in [2.75, 3.05) is 19.0 Å². The van der Waals surface area contributed by atoms with Gasteiger partial charge in [0.2, 0.25) is 0 Å². The number of carbonyl (C=O) groups is 2. The van der Waals surface area contributed by atoms with Crippen LogP contribution < -0.4 is 5.32 Å². The van der Waals surface area contributed by atoms with Gasteiger partial charge in [0.1, 0.15) is 0 Å². The zero-order valence-electron chi connectivity index (χ0n) is 16.5. The minimum absolute atomic E-state index is 0.0872. The maximum Gasteiger partial charge on any atom is 0.337 e. The molecule has 0 atom stereocenters. The number of nitrogens with zero attached hydrogens (tertiary/aromatic N) is 2. The summed E-state index contributed by atoms with van der Waals surface area (Å²) in [6, 6.07) is 18.6. The van der Waals surface area contributed by atoms with Gasteiger partial charge in [-0.3, -0.25) is 9.78 Å². The second kappa shape index (κ2) is 9.50. The van der Waals surface area contributed by atoms with Gasteiger partial charge in [-0.1, -0.05) is 36.4 Å². The summed E-state index contributed by atoms with van der Waals surface area (Å²) in [4.78, 5) is 30.6. The minimum Gasteiger partial charge on any atom is -0.465 e. The Balaban J connectivity index is 1.76. The first kappa shape index (κ1) is 20.1. The highest BCUT2D eigenvalue weighted by molar-refractivity contribution is 5.95. The number of benzene rings is 2. The Morgan fingerprint density at radius 1 is 0.966 bits per heavy atom. The third-order valence-corrected chi connectivity index (χ3v) is 4.44. The van der Waals surface area contributed by atoms with Gasteiger partial charge in [0.25, 0.3) is 5.91 Å². The van der Waals surface area contributed by atoms with Gasteiger partial charge in [-0.05, 0) is 36.8 Å². The quantitative estimate of drug-likeness (QED) is 0.611. The second-order valence-electron chi connectivity index (χ2n) is 6.46. The summed E-state index contributed by atoms with van der Waals surface area (Å²) in [5.74, 6) is -0.494. The van der Waals surface area contributed by atoms with E-state index in [1.807, 2.05) is 43.3 Å². The molecule has 0 unspecified atom stereocenters. The van der Waals surface area contributed by atoms with Crippen LogP contribution in [0.5, 0.6) is 0 Å². The maximum absolute atomic E-state index is 13.0. The molecular weight excluding hydrogens is 366 g/mol. The normalized spacial score (nSPS) is 10.3. The summed E-state index contributed by atoms with van der Waals surface area (Å²) in [5.41, 5.74) is 3.38. The van der Waals surface area contributed by atoms with Crippen molar-refractivity contribution in [1.29, 1.82) is 0 Å². The Bertz CT molecular complexity index is 989. The fourth-order valence-corrected chi connectivity index (χ4v) is 2.95. The summed E-state index contributed by atoms with van der Waals surface area (Å²) in [6.07, 6.45) is 3.20. The van der Waals surface area contributed by atoms with Crippen LogP contribution in [0, 0.1) is 0 Å². The van der Waals surface area contributed by atoms with Gasteiger partial charge in [-0.15, -0.1) is 0 Å². The van der Waals surface area contributed by atoms with E-state index in [4.69, 9.17) is 4.74 Å². The number of carbonyl (C=O) groups excluding carboxylic acids is 2. The molecule has 0 aliphatic carbocycles. The third-order valence-electron chi connectivity index (χ3n) is 4.44. The van der Waals surface area contributed by atoms with E-state index in [-0.39, 0.29) is 5.91 Å². The number of hydrogen-bond donors (Lipinski definition) is 1. The standard InChI is InChI=1S/C23H23N3O3/c1-3-26(16-17-8-5-4-6-9-17)22(27)19-13-21(15-24-14-19)25-20-11-7-10-18(12-20)23(28)29-2/h4-15,25H,3,16H2,1-2H3. The monoisotopic (exact) mass is 389 g/mol. The average molecular weight is 389 g/mol. The molecule has 1 N–H and O–H groups in total. The lowest BCUT2D eigenvalue weighted by molar-refractivity contribution is 0.0600. The average Bonchev–Trinajstić information content (AvgIpc) is 2.77. The Labute approximate surface area is 170 Å². The highest BCUT2D eigenvalue weighted by Gasteiger charge is 2.15. The summed E-state index contributed by atoms with van der Waals surface area (Å²) < 4.78 is 4.75. The largest absolute Gasteiger partial charge is 0.465 e. The van der Waals surface area contributed by atoms with Crippen molar-refractivity contribution in [1.82, 2.24) is 9.88 Å². The predicted molar refractivity (Wildman–Crippen MR) is 112 cm³/mol. The zero-order chi connectivity index (χ0) is 20.6. The molecule has 3 rings (SSSR count). The number of aromatic nitrogens is 1. The van der Waals surface area contributed by atoms with Crippen LogP contribution in [0.1, 0.15) is 33.2 Å². The number of rotatable bonds is 7. The number of pyridine rings is 1. The molecule has 2 aromatic carbocycles. The molecule has 0 aliphatic heterocycles. The summed E-state index contributed by atoms with van der Waals surface area (Å²) >= 11 is 0. The Morgan fingerprint density at radius 2 is 1.72 bits per heavy atom. The Morgan fingerprint density at radius 3 is 2.45 bits per heavy atom. The molecule has 6 heteroatoms. The zero-order valence-corrected chi connectivity index (χ0v) is 16.5. The molecule has 0 aliphatic rings. The van der Waals surface area contributed by atoms with Crippen LogP contribution in [0.15, 0.2) is 73.1 Å². The fourth-order valence-electron chi connectivity index (χ4n) is 2.95. The van der Waals surface area contributed by atoms with Gasteiger partial charge < -0.3 is 15.0 Å². The molecule has 0 bridgehead atoms. The van der Waals surface area contributed by atoms with Gasteiger partial charge in [0, 0.05) is 25.0 Å². The number of anilines is 2. The van der Waals surface area contributed by atoms with E-state index in [9.17, 15) is 9.59 Å². The van der Waals surface area contributed by atoms with Crippen LogP contribution in [0.2, 0.25) is 0 Å². The molecule has 0 saturated carbocycles. The molecule has 148 valence electrons. The van der Waals surface area contributed by atoms with Crippen LogP contribution in [0.3, 0.4) is 0 Å². The van der Waals surface area contributed by atoms with E-state index in [1.165, 1.54) is 7.11 Å². The second-order valence-corrected chi connectivity index (χ2v) is 6.46. The van der Waals surface area contributed by atoms with Crippen molar-refractivity contribution < 1.29 is 14.3 Å². The van der Waals surface area contributed by atoms with Crippen molar-refractivity contribution in [2.24, 2.45) is 0 Å². The van der Waals surface area contributed by atoms with Gasteiger partial charge in [-0.2, -0.15) is 0 Å². The van der Waals surface area contributed by atoms with Crippen molar-refractivity contribution in [3.05, 3.63) is 89.7 Å². The molecular formula is C23H23N3O3. The summed E-state index contributed by atoms with van der Waals surface area (Å²) in [6.45, 7) is 3.08. The lowest BCUT2D eigenvalue weighted by Gasteiger charge is -2.21. The smallest absolute Gasteiger partial charge is 0.337 e. The van der Waals surface area contributed by atoms with Crippen molar-refractivity contribution in [3.63, 3.8) is 0 Å². The number of esters is 1. The molecule has 0 saturated heterocycles. The van der Waals surface area contributed by atoms with E-state index in [0.29, 0.717) is 35.6 Å². The van der Waals surface area contributed by atoms with Gasteiger partial charge in [0.15, 0.2) is 0 Å². The number of amides is 1. The first-order valence-corrected chi connectivity index (χ1v) is 9.34. The first-order chi connectivity index (χ1) is 14.1. The Hall–Kier alpha value is -3.67. The third kappa shape index (κ3) is 5.19. The van der Waals surface area contributed by atoms with Gasteiger partial charge in [0.05, 0.1) is 30.1 Å². The number of methoxy groups -OCH3 is 1. The lowest BCUT2D eigenvalue weighted by Crippen LogP contribution is -2.30. The van der Waals surface area contributed by atoms with E-state index >= 15 is 0 Å². The van der Waals surface area contributed by atoms with Gasteiger partial charge >= 0.3 is 5.97 Å². The van der Waals surface area contributed by atoms with Gasteiger partial charge in [-0.25, -0.2) is 4.79 Å². The molecule has 0 radical (unpaired) electrons. The van der Waals surface area contributed by atoms with Crippen LogP contribution in [0.25, 0.3) is 0 Å². The molecule has 1 amide bonds. The number of nitrogens with one attached hydrogen (secondary N) is 1. The van der Waals surface area contributed by atoms with Crippen molar-refractivity contribution in [2.45, 2.75) is 13.5 Å².